The lowest BCUT2D eigenvalue weighted by atomic mass is 9.98. The van der Waals surface area contributed by atoms with E-state index in [-0.39, 0.29) is 0 Å². The van der Waals surface area contributed by atoms with Gasteiger partial charge in [-0.1, -0.05) is 38.3 Å². The summed E-state index contributed by atoms with van der Waals surface area (Å²) in [5, 5.41) is 3.16. The van der Waals surface area contributed by atoms with Gasteiger partial charge in [0.05, 0.1) is 6.10 Å². The molecule has 1 saturated carbocycles. The first kappa shape index (κ1) is 18.8. The zero-order valence-electron chi connectivity index (χ0n) is 15.1. The van der Waals surface area contributed by atoms with Gasteiger partial charge in [-0.15, -0.1) is 0 Å². The van der Waals surface area contributed by atoms with E-state index in [0.717, 1.165) is 44.5 Å². The third kappa shape index (κ3) is 7.35. The summed E-state index contributed by atoms with van der Waals surface area (Å²) >= 11 is 0. The van der Waals surface area contributed by atoms with Gasteiger partial charge in [0.2, 0.25) is 0 Å². The van der Waals surface area contributed by atoms with Crippen LogP contribution in [0.25, 0.3) is 0 Å². The molecule has 134 valence electrons. The van der Waals surface area contributed by atoms with Crippen molar-refractivity contribution in [1.82, 2.24) is 0 Å². The lowest BCUT2D eigenvalue weighted by Gasteiger charge is -2.21. The number of aryl methyl sites for hydroxylation is 1. The number of ether oxygens (including phenoxy) is 1. The molecule has 24 heavy (non-hydrogen) atoms. The number of aliphatic imine (C=N–C) groups is 1. The molecule has 0 spiro atoms. The number of hydrogen-bond donors (Lipinski definition) is 2. The molecule has 0 unspecified atom stereocenters. The van der Waals surface area contributed by atoms with Crippen molar-refractivity contribution in [3.63, 3.8) is 0 Å². The Morgan fingerprint density at radius 2 is 2.04 bits per heavy atom. The number of unbranched alkanes of at least 4 members (excludes halogenated alkanes) is 2. The summed E-state index contributed by atoms with van der Waals surface area (Å²) in [4.78, 5) is 4.40. The highest BCUT2D eigenvalue weighted by Crippen LogP contribution is 2.20. The largest absolute Gasteiger partial charge is 0.378 e. The molecule has 1 fully saturated rings. The topological polar surface area (TPSA) is 59.6 Å². The molecule has 0 atom stereocenters. The molecular weight excluding hydrogens is 298 g/mol. The molecule has 2 rings (SSSR count). The van der Waals surface area contributed by atoms with Crippen molar-refractivity contribution in [2.75, 3.05) is 18.5 Å². The Morgan fingerprint density at radius 1 is 1.21 bits per heavy atom. The number of nitrogens with one attached hydrogen (secondary N) is 1. The van der Waals surface area contributed by atoms with Gasteiger partial charge in [0.25, 0.3) is 0 Å². The molecule has 0 heterocycles. The van der Waals surface area contributed by atoms with Gasteiger partial charge < -0.3 is 15.8 Å². The summed E-state index contributed by atoms with van der Waals surface area (Å²) in [6.07, 6.45) is 11.5. The third-order valence-corrected chi connectivity index (χ3v) is 4.60. The van der Waals surface area contributed by atoms with Crippen LogP contribution in [0.2, 0.25) is 0 Å². The molecule has 4 nitrogen and oxygen atoms in total. The number of anilines is 1. The maximum atomic E-state index is 5.95. The number of nitrogens with zero attached hydrogens (tertiary/aromatic N) is 1. The predicted octanol–water partition coefficient (Wildman–Crippen LogP) is 4.50. The average molecular weight is 332 g/mol. The lowest BCUT2D eigenvalue weighted by Crippen LogP contribution is -2.22. The van der Waals surface area contributed by atoms with Gasteiger partial charge in [-0.2, -0.15) is 0 Å². The molecule has 0 saturated heterocycles. The summed E-state index contributed by atoms with van der Waals surface area (Å²) in [5.74, 6) is 0.502. The van der Waals surface area contributed by atoms with E-state index in [1.54, 1.807) is 0 Å². The van der Waals surface area contributed by atoms with Crippen molar-refractivity contribution in [3.05, 3.63) is 29.8 Å². The zero-order valence-corrected chi connectivity index (χ0v) is 15.1. The summed E-state index contributed by atoms with van der Waals surface area (Å²) in [6, 6.07) is 8.30. The quantitative estimate of drug-likeness (QED) is 0.398. The van der Waals surface area contributed by atoms with E-state index in [1.165, 1.54) is 37.7 Å². The van der Waals surface area contributed by atoms with Crippen molar-refractivity contribution in [2.45, 2.75) is 70.8 Å². The van der Waals surface area contributed by atoms with Gasteiger partial charge in [0, 0.05) is 18.8 Å². The van der Waals surface area contributed by atoms with Crippen LogP contribution in [-0.4, -0.2) is 25.2 Å². The molecule has 0 amide bonds. The lowest BCUT2D eigenvalue weighted by molar-refractivity contribution is 0.0264. The van der Waals surface area contributed by atoms with Crippen LogP contribution in [0.1, 0.15) is 63.9 Å². The first-order valence-electron chi connectivity index (χ1n) is 9.55. The van der Waals surface area contributed by atoms with E-state index in [0.29, 0.717) is 12.1 Å². The van der Waals surface area contributed by atoms with Crippen molar-refractivity contribution in [1.29, 1.82) is 0 Å². The summed E-state index contributed by atoms with van der Waals surface area (Å²) < 4.78 is 5.94. The molecule has 0 aromatic heterocycles. The van der Waals surface area contributed by atoms with Gasteiger partial charge >= 0.3 is 0 Å². The Balaban J connectivity index is 1.54. The Labute approximate surface area is 146 Å². The molecular formula is C20H33N3O. The standard InChI is InChI=1S/C20H33N3O/c1-2-17-10-9-11-18(16-17)23-20(21)22-14-7-4-8-15-24-19-12-5-3-6-13-19/h9-11,16,19H,2-8,12-15H2,1H3,(H3,21,22,23). The number of guanidine groups is 1. The van der Waals surface area contributed by atoms with E-state index in [1.807, 2.05) is 12.1 Å². The van der Waals surface area contributed by atoms with Crippen LogP contribution in [0.5, 0.6) is 0 Å². The molecule has 0 aliphatic heterocycles. The summed E-state index contributed by atoms with van der Waals surface area (Å²) in [5.41, 5.74) is 8.26. The molecule has 1 aliphatic rings. The average Bonchev–Trinajstić information content (AvgIpc) is 2.62. The molecule has 1 aliphatic carbocycles. The number of hydrogen-bond acceptors (Lipinski definition) is 2. The van der Waals surface area contributed by atoms with Gasteiger partial charge in [0.1, 0.15) is 0 Å². The number of benzene rings is 1. The van der Waals surface area contributed by atoms with Crippen molar-refractivity contribution >= 4 is 11.6 Å². The summed E-state index contributed by atoms with van der Waals surface area (Å²) in [6.45, 7) is 3.82. The normalized spacial score (nSPS) is 16.3. The highest BCUT2D eigenvalue weighted by Gasteiger charge is 2.12. The van der Waals surface area contributed by atoms with Crippen LogP contribution in [0.15, 0.2) is 29.3 Å². The minimum Gasteiger partial charge on any atom is -0.378 e. The van der Waals surface area contributed by atoms with Crippen LogP contribution >= 0.6 is 0 Å². The van der Waals surface area contributed by atoms with E-state index in [4.69, 9.17) is 10.5 Å². The first-order chi connectivity index (χ1) is 11.8. The fourth-order valence-electron chi connectivity index (χ4n) is 3.13. The highest BCUT2D eigenvalue weighted by molar-refractivity contribution is 5.92. The van der Waals surface area contributed by atoms with Gasteiger partial charge in [-0.25, -0.2) is 0 Å². The maximum absolute atomic E-state index is 5.95. The van der Waals surface area contributed by atoms with E-state index < -0.39 is 0 Å². The van der Waals surface area contributed by atoms with Gasteiger partial charge in [-0.3, -0.25) is 4.99 Å². The third-order valence-electron chi connectivity index (χ3n) is 4.60. The SMILES string of the molecule is CCc1cccc(NC(N)=NCCCCCOC2CCCCC2)c1. The second-order valence-electron chi connectivity index (χ2n) is 6.64. The van der Waals surface area contributed by atoms with Crippen molar-refractivity contribution < 1.29 is 4.74 Å². The fraction of sp³-hybridized carbons (Fsp3) is 0.650. The Bertz CT molecular complexity index is 495. The van der Waals surface area contributed by atoms with Crippen LogP contribution in [0.4, 0.5) is 5.69 Å². The highest BCUT2D eigenvalue weighted by atomic mass is 16.5. The van der Waals surface area contributed by atoms with Crippen LogP contribution in [-0.2, 0) is 11.2 Å². The predicted molar refractivity (Wildman–Crippen MR) is 103 cm³/mol. The Kier molecular flexibility index (Phi) is 8.67. The van der Waals surface area contributed by atoms with E-state index in [2.05, 4.69) is 29.4 Å². The second-order valence-corrected chi connectivity index (χ2v) is 6.64. The van der Waals surface area contributed by atoms with E-state index >= 15 is 0 Å². The number of rotatable bonds is 9. The Morgan fingerprint density at radius 3 is 2.83 bits per heavy atom. The smallest absolute Gasteiger partial charge is 0.193 e. The molecule has 1 aromatic rings. The molecule has 0 bridgehead atoms. The second kappa shape index (κ2) is 11.1. The minimum atomic E-state index is 0.502. The Hall–Kier alpha value is -1.55. The van der Waals surface area contributed by atoms with Crippen molar-refractivity contribution in [3.8, 4) is 0 Å². The fourth-order valence-corrected chi connectivity index (χ4v) is 3.13. The van der Waals surface area contributed by atoms with Crippen molar-refractivity contribution in [2.24, 2.45) is 10.7 Å². The van der Waals surface area contributed by atoms with Crippen LogP contribution in [0.3, 0.4) is 0 Å². The minimum absolute atomic E-state index is 0.502. The number of nitrogens with two attached hydrogens (primary N) is 1. The zero-order chi connectivity index (χ0) is 17.0. The molecule has 1 aromatic carbocycles. The maximum Gasteiger partial charge on any atom is 0.193 e. The molecule has 3 N–H and O–H groups in total. The molecule has 4 heteroatoms. The summed E-state index contributed by atoms with van der Waals surface area (Å²) in [7, 11) is 0. The first-order valence-corrected chi connectivity index (χ1v) is 9.55. The van der Waals surface area contributed by atoms with E-state index in [9.17, 15) is 0 Å². The van der Waals surface area contributed by atoms with Crippen LogP contribution in [0, 0.1) is 0 Å². The van der Waals surface area contributed by atoms with Gasteiger partial charge in [0.15, 0.2) is 5.96 Å². The monoisotopic (exact) mass is 331 g/mol. The molecule has 0 radical (unpaired) electrons. The van der Waals surface area contributed by atoms with Crippen LogP contribution < -0.4 is 11.1 Å². The van der Waals surface area contributed by atoms with Gasteiger partial charge in [-0.05, 0) is 56.2 Å².